The Morgan fingerprint density at radius 3 is 1.71 bits per heavy atom. The summed E-state index contributed by atoms with van der Waals surface area (Å²) in [7, 11) is 0. The highest BCUT2D eigenvalue weighted by atomic mass is 16.8. The van der Waals surface area contributed by atoms with Crippen LogP contribution < -0.4 is 4.74 Å². The number of hydrogen-bond donors (Lipinski definition) is 0. The average Bonchev–Trinajstić information content (AvgIpc) is 3.04. The molecule has 4 aromatic carbocycles. The van der Waals surface area contributed by atoms with Gasteiger partial charge in [0.1, 0.15) is 18.0 Å². The lowest BCUT2D eigenvalue weighted by Gasteiger charge is -2.48. The van der Waals surface area contributed by atoms with Gasteiger partial charge in [-0.3, -0.25) is 0 Å². The summed E-state index contributed by atoms with van der Waals surface area (Å²) in [6.07, 6.45) is -5.63. The van der Waals surface area contributed by atoms with E-state index in [0.717, 1.165) is 5.56 Å². The van der Waals surface area contributed by atoms with Gasteiger partial charge < -0.3 is 28.4 Å². The van der Waals surface area contributed by atoms with Gasteiger partial charge in [0, 0.05) is 5.56 Å². The Morgan fingerprint density at radius 2 is 1.12 bits per heavy atom. The largest absolute Gasteiger partial charge is 0.461 e. The molecule has 8 nitrogen and oxygen atoms in total. The molecule has 0 saturated carbocycles. The van der Waals surface area contributed by atoms with Crippen molar-refractivity contribution in [1.82, 2.24) is 0 Å². The van der Waals surface area contributed by atoms with Gasteiger partial charge >= 0.3 is 11.9 Å². The monoisotopic (exact) mass is 552 g/mol. The van der Waals surface area contributed by atoms with E-state index in [4.69, 9.17) is 28.4 Å². The van der Waals surface area contributed by atoms with Crippen molar-refractivity contribution in [1.29, 1.82) is 0 Å². The van der Waals surface area contributed by atoms with E-state index in [9.17, 15) is 9.59 Å². The van der Waals surface area contributed by atoms with Crippen LogP contribution in [0.3, 0.4) is 0 Å². The molecule has 6 rings (SSSR count). The highest BCUT2D eigenvalue weighted by molar-refractivity contribution is 5.90. The fourth-order valence-electron chi connectivity index (χ4n) is 4.85. The van der Waals surface area contributed by atoms with Gasteiger partial charge in [0.25, 0.3) is 0 Å². The van der Waals surface area contributed by atoms with E-state index in [1.54, 1.807) is 66.7 Å². The molecule has 0 N–H and O–H groups in total. The molecule has 0 bridgehead atoms. The molecule has 0 amide bonds. The Balaban J connectivity index is 1.36. The molecule has 2 fully saturated rings. The summed E-state index contributed by atoms with van der Waals surface area (Å²) in [4.78, 5) is 26.7. The third kappa shape index (κ3) is 6.15. The van der Waals surface area contributed by atoms with Gasteiger partial charge in [0.2, 0.25) is 12.4 Å². The van der Waals surface area contributed by atoms with Crippen molar-refractivity contribution in [3.05, 3.63) is 138 Å². The maximum Gasteiger partial charge on any atom is 0.338 e. The van der Waals surface area contributed by atoms with Crippen LogP contribution >= 0.6 is 0 Å². The Morgan fingerprint density at radius 1 is 0.610 bits per heavy atom. The lowest BCUT2D eigenvalue weighted by molar-refractivity contribution is -0.348. The lowest BCUT2D eigenvalue weighted by atomic mass is 9.97. The van der Waals surface area contributed by atoms with Crippen LogP contribution in [0, 0.1) is 0 Å². The van der Waals surface area contributed by atoms with Crippen molar-refractivity contribution < 1.29 is 38.0 Å². The van der Waals surface area contributed by atoms with Crippen LogP contribution in [0.4, 0.5) is 0 Å². The molecule has 0 unspecified atom stereocenters. The molecule has 2 aliphatic rings. The highest BCUT2D eigenvalue weighted by Gasteiger charge is 2.55. The predicted molar refractivity (Wildman–Crippen MR) is 147 cm³/mol. The van der Waals surface area contributed by atoms with Crippen LogP contribution in [-0.4, -0.2) is 49.3 Å². The predicted octanol–water partition coefficient (Wildman–Crippen LogP) is 5.36. The minimum absolute atomic E-state index is 0.137. The quantitative estimate of drug-likeness (QED) is 0.283. The molecule has 0 spiro atoms. The molecule has 6 atom stereocenters. The number of carbonyl (C=O) groups is 2. The molecule has 0 aliphatic carbocycles. The van der Waals surface area contributed by atoms with Crippen molar-refractivity contribution in [2.75, 3.05) is 6.61 Å². The number of para-hydroxylation sites is 1. The van der Waals surface area contributed by atoms with Gasteiger partial charge in [-0.15, -0.1) is 0 Å². The number of esters is 2. The van der Waals surface area contributed by atoms with Gasteiger partial charge in [-0.05, 0) is 36.4 Å². The summed E-state index contributed by atoms with van der Waals surface area (Å²) in [5.74, 6) is -0.724. The molecule has 0 aromatic heterocycles. The minimum Gasteiger partial charge on any atom is -0.461 e. The van der Waals surface area contributed by atoms with Crippen LogP contribution in [0.15, 0.2) is 121 Å². The summed E-state index contributed by atoms with van der Waals surface area (Å²) in [5, 5.41) is 0. The molecule has 2 aliphatic heterocycles. The van der Waals surface area contributed by atoms with E-state index in [1.165, 1.54) is 0 Å². The van der Waals surface area contributed by atoms with E-state index in [-0.39, 0.29) is 6.61 Å². The molecule has 2 saturated heterocycles. The van der Waals surface area contributed by atoms with Gasteiger partial charge in [-0.1, -0.05) is 84.9 Å². The maximum absolute atomic E-state index is 13.4. The minimum atomic E-state index is -1.17. The first-order valence-corrected chi connectivity index (χ1v) is 13.4. The zero-order valence-electron chi connectivity index (χ0n) is 22.0. The van der Waals surface area contributed by atoms with E-state index >= 15 is 0 Å². The van der Waals surface area contributed by atoms with Crippen molar-refractivity contribution in [2.45, 2.75) is 37.0 Å². The zero-order valence-corrected chi connectivity index (χ0v) is 22.0. The van der Waals surface area contributed by atoms with Crippen molar-refractivity contribution in [2.24, 2.45) is 0 Å². The van der Waals surface area contributed by atoms with Crippen LogP contribution in [0.25, 0.3) is 0 Å². The molecular formula is C33H28O8. The number of carbonyl (C=O) groups excluding carboxylic acids is 2. The van der Waals surface area contributed by atoms with Gasteiger partial charge in [0.15, 0.2) is 12.4 Å². The Hall–Kier alpha value is -4.50. The Bertz CT molecular complexity index is 1430. The Kier molecular flexibility index (Phi) is 8.04. The molecule has 4 aromatic rings. The number of fused-ring (bicyclic) bond motifs is 1. The first-order valence-electron chi connectivity index (χ1n) is 13.4. The standard InChI is InChI=1S/C33H28O8/c34-30(22-13-5-1-6-14-22)39-28-27-26(21-36-32(41-27)24-17-9-3-10-18-24)38-33(37-25-19-11-4-12-20-25)29(28)40-31(35)23-15-7-2-8-16-23/h1-20,26-29,32-33H,21H2/t26-,27-,28+,29-,32-,33-/m1/s1. The SMILES string of the molecule is O=C(O[C@@H]1[C@@H](OC(=O)c2ccccc2)[C@H](Oc2ccccc2)O[C@@H]2CO[C@@H](c3ccccc3)O[C@@H]12)c1ccccc1. The van der Waals surface area contributed by atoms with Crippen molar-refractivity contribution in [3.8, 4) is 5.75 Å². The topological polar surface area (TPSA) is 89.5 Å². The fraction of sp³-hybridized carbons (Fsp3) is 0.212. The van der Waals surface area contributed by atoms with Crippen molar-refractivity contribution in [3.63, 3.8) is 0 Å². The summed E-state index contributed by atoms with van der Waals surface area (Å²) < 4.78 is 37.0. The van der Waals surface area contributed by atoms with E-state index in [2.05, 4.69) is 0 Å². The van der Waals surface area contributed by atoms with Crippen molar-refractivity contribution >= 4 is 11.9 Å². The van der Waals surface area contributed by atoms with Gasteiger partial charge in [0.05, 0.1) is 17.7 Å². The summed E-state index contributed by atoms with van der Waals surface area (Å²) >= 11 is 0. The number of ether oxygens (including phenoxy) is 6. The van der Waals surface area contributed by atoms with Crippen LogP contribution in [0.2, 0.25) is 0 Å². The van der Waals surface area contributed by atoms with Gasteiger partial charge in [-0.2, -0.15) is 0 Å². The molecule has 0 radical (unpaired) electrons. The summed E-state index contributed by atoms with van der Waals surface area (Å²) in [6, 6.07) is 35.6. The second kappa shape index (κ2) is 12.3. The summed E-state index contributed by atoms with van der Waals surface area (Å²) in [5.41, 5.74) is 1.46. The van der Waals surface area contributed by atoms with Crippen LogP contribution in [0.1, 0.15) is 32.6 Å². The lowest BCUT2D eigenvalue weighted by Crippen LogP contribution is -2.65. The van der Waals surface area contributed by atoms with Crippen LogP contribution in [-0.2, 0) is 23.7 Å². The molecule has 2 heterocycles. The highest BCUT2D eigenvalue weighted by Crippen LogP contribution is 2.37. The third-order valence-corrected chi connectivity index (χ3v) is 6.86. The van der Waals surface area contributed by atoms with E-state index in [0.29, 0.717) is 16.9 Å². The third-order valence-electron chi connectivity index (χ3n) is 6.86. The summed E-state index contributed by atoms with van der Waals surface area (Å²) in [6.45, 7) is 0.137. The molecular weight excluding hydrogens is 524 g/mol. The first kappa shape index (κ1) is 26.7. The Labute approximate surface area is 237 Å². The van der Waals surface area contributed by atoms with Gasteiger partial charge in [-0.25, -0.2) is 9.59 Å². The fourth-order valence-corrected chi connectivity index (χ4v) is 4.85. The second-order valence-corrected chi connectivity index (χ2v) is 9.62. The van der Waals surface area contributed by atoms with E-state index in [1.807, 2.05) is 54.6 Å². The zero-order chi connectivity index (χ0) is 28.0. The number of benzene rings is 4. The van der Waals surface area contributed by atoms with E-state index < -0.39 is 48.9 Å². The molecule has 8 heteroatoms. The first-order chi connectivity index (χ1) is 20.2. The van der Waals surface area contributed by atoms with Crippen LogP contribution in [0.5, 0.6) is 5.75 Å². The smallest absolute Gasteiger partial charge is 0.338 e. The molecule has 208 valence electrons. The average molecular weight is 553 g/mol. The molecule has 41 heavy (non-hydrogen) atoms. The number of hydrogen-bond acceptors (Lipinski definition) is 8. The normalized spacial score (nSPS) is 25.4. The number of rotatable bonds is 7. The maximum atomic E-state index is 13.4. The second-order valence-electron chi connectivity index (χ2n) is 9.62.